The SMILES string of the molecule is CC.CC.CN1CCC(CC(=O)NCc2ccccc2)CC1.O=C(O)[C@@H](C1CCCCC1)N1CCC(c2cccc(F)c2)C1. The van der Waals surface area contributed by atoms with Crippen molar-refractivity contribution in [1.82, 2.24) is 15.1 Å². The van der Waals surface area contributed by atoms with Crippen LogP contribution in [0.15, 0.2) is 54.6 Å². The highest BCUT2D eigenvalue weighted by atomic mass is 19.1. The molecule has 2 atom stereocenters. The Morgan fingerprint density at radius 1 is 0.886 bits per heavy atom. The summed E-state index contributed by atoms with van der Waals surface area (Å²) in [5.41, 5.74) is 2.16. The molecular formula is C37H58FN3O3. The lowest BCUT2D eigenvalue weighted by Gasteiger charge is -2.33. The summed E-state index contributed by atoms with van der Waals surface area (Å²) in [6.45, 7) is 12.4. The van der Waals surface area contributed by atoms with Gasteiger partial charge < -0.3 is 15.3 Å². The normalized spacial score (nSPS) is 20.1. The third-order valence-electron chi connectivity index (χ3n) is 8.93. The van der Waals surface area contributed by atoms with Crippen LogP contribution in [0.4, 0.5) is 4.39 Å². The fourth-order valence-corrected chi connectivity index (χ4v) is 6.58. The first-order chi connectivity index (χ1) is 21.4. The lowest BCUT2D eigenvalue weighted by molar-refractivity contribution is -0.145. The van der Waals surface area contributed by atoms with Crippen LogP contribution in [0.25, 0.3) is 0 Å². The van der Waals surface area contributed by atoms with E-state index in [1.807, 2.05) is 64.1 Å². The molecule has 2 heterocycles. The van der Waals surface area contributed by atoms with Gasteiger partial charge in [-0.2, -0.15) is 0 Å². The maximum absolute atomic E-state index is 13.4. The van der Waals surface area contributed by atoms with Crippen LogP contribution in [0.2, 0.25) is 0 Å². The minimum Gasteiger partial charge on any atom is -0.480 e. The number of nitrogens with zero attached hydrogens (tertiary/aromatic N) is 2. The number of amides is 1. The molecular weight excluding hydrogens is 553 g/mol. The number of rotatable bonds is 8. The summed E-state index contributed by atoms with van der Waals surface area (Å²) in [7, 11) is 2.14. The van der Waals surface area contributed by atoms with Crippen LogP contribution in [-0.4, -0.2) is 66.1 Å². The van der Waals surface area contributed by atoms with Crippen molar-refractivity contribution < 1.29 is 19.1 Å². The van der Waals surface area contributed by atoms with E-state index in [1.165, 1.54) is 12.5 Å². The summed E-state index contributed by atoms with van der Waals surface area (Å²) < 4.78 is 13.4. The molecule has 1 saturated carbocycles. The van der Waals surface area contributed by atoms with E-state index in [-0.39, 0.29) is 29.6 Å². The molecule has 2 aromatic rings. The van der Waals surface area contributed by atoms with Crippen molar-refractivity contribution in [3.8, 4) is 0 Å². The van der Waals surface area contributed by atoms with E-state index in [2.05, 4.69) is 22.2 Å². The summed E-state index contributed by atoms with van der Waals surface area (Å²) >= 11 is 0. The first-order valence-electron chi connectivity index (χ1n) is 17.1. The van der Waals surface area contributed by atoms with E-state index >= 15 is 0 Å². The number of piperidine rings is 1. The number of likely N-dealkylation sites (tertiary alicyclic amines) is 2. The molecule has 0 aromatic heterocycles. The molecule has 2 aromatic carbocycles. The number of hydrogen-bond donors (Lipinski definition) is 2. The highest BCUT2D eigenvalue weighted by molar-refractivity contribution is 5.76. The van der Waals surface area contributed by atoms with Crippen molar-refractivity contribution in [1.29, 1.82) is 0 Å². The molecule has 246 valence electrons. The van der Waals surface area contributed by atoms with Crippen LogP contribution in [0.3, 0.4) is 0 Å². The fourth-order valence-electron chi connectivity index (χ4n) is 6.58. The van der Waals surface area contributed by atoms with Crippen LogP contribution in [0.1, 0.15) is 103 Å². The first-order valence-corrected chi connectivity index (χ1v) is 17.1. The zero-order chi connectivity index (χ0) is 32.3. The molecule has 2 aliphatic heterocycles. The van der Waals surface area contributed by atoms with Crippen LogP contribution in [0.5, 0.6) is 0 Å². The molecule has 0 bridgehead atoms. The fraction of sp³-hybridized carbons (Fsp3) is 0.622. The number of halogens is 1. The van der Waals surface area contributed by atoms with Gasteiger partial charge in [0.25, 0.3) is 0 Å². The zero-order valence-corrected chi connectivity index (χ0v) is 27.9. The van der Waals surface area contributed by atoms with Gasteiger partial charge >= 0.3 is 5.97 Å². The van der Waals surface area contributed by atoms with Crippen molar-refractivity contribution in [2.75, 3.05) is 33.2 Å². The highest BCUT2D eigenvalue weighted by Crippen LogP contribution is 2.35. The molecule has 0 spiro atoms. The van der Waals surface area contributed by atoms with Crippen molar-refractivity contribution in [3.05, 3.63) is 71.5 Å². The minimum absolute atomic E-state index is 0.188. The number of carbonyl (C=O) groups is 2. The Morgan fingerprint density at radius 2 is 1.55 bits per heavy atom. The number of carbonyl (C=O) groups excluding carboxylic acids is 1. The number of benzene rings is 2. The standard InChI is InChI=1S/C18H24FNO2.C15H22N2O.2C2H6/c19-16-8-4-7-14(11-16)15-9-10-20(12-15)17(18(21)22)13-5-2-1-3-6-13;1-17-9-7-13(8-10-17)11-15(18)16-12-14-5-3-2-4-6-14;2*1-2/h4,7-8,11,13,15,17H,1-3,5-6,9-10,12H2,(H,21,22);2-6,13H,7-12H2,1H3,(H,16,18);2*1-2H3/t15?,17-;;;/m1.../s1. The third kappa shape index (κ3) is 12.7. The molecule has 5 rings (SSSR count). The monoisotopic (exact) mass is 611 g/mol. The number of nitrogens with one attached hydrogen (secondary N) is 1. The molecule has 1 amide bonds. The Kier molecular flexibility index (Phi) is 17.9. The second kappa shape index (κ2) is 21.1. The summed E-state index contributed by atoms with van der Waals surface area (Å²) in [5, 5.41) is 12.7. The van der Waals surface area contributed by atoms with Gasteiger partial charge in [0.15, 0.2) is 0 Å². The molecule has 2 N–H and O–H groups in total. The van der Waals surface area contributed by atoms with Crippen molar-refractivity contribution in [2.24, 2.45) is 11.8 Å². The van der Waals surface area contributed by atoms with Crippen molar-refractivity contribution in [2.45, 2.75) is 104 Å². The molecule has 2 saturated heterocycles. The van der Waals surface area contributed by atoms with Crippen molar-refractivity contribution >= 4 is 11.9 Å². The number of hydrogen-bond acceptors (Lipinski definition) is 4. The third-order valence-corrected chi connectivity index (χ3v) is 8.93. The van der Waals surface area contributed by atoms with E-state index in [4.69, 9.17) is 0 Å². The largest absolute Gasteiger partial charge is 0.480 e. The van der Waals surface area contributed by atoms with Gasteiger partial charge in [-0.3, -0.25) is 14.5 Å². The molecule has 1 aliphatic carbocycles. The van der Waals surface area contributed by atoms with E-state index in [1.54, 1.807) is 12.1 Å². The average Bonchev–Trinajstić information content (AvgIpc) is 3.54. The van der Waals surface area contributed by atoms with Gasteiger partial charge in [-0.1, -0.05) is 89.4 Å². The molecule has 0 radical (unpaired) electrons. The molecule has 3 fully saturated rings. The molecule has 44 heavy (non-hydrogen) atoms. The van der Waals surface area contributed by atoms with Gasteiger partial charge in [0.2, 0.25) is 5.91 Å². The predicted molar refractivity (Wildman–Crippen MR) is 179 cm³/mol. The number of carboxylic acid groups (broad SMARTS) is 1. The zero-order valence-electron chi connectivity index (χ0n) is 27.9. The van der Waals surface area contributed by atoms with E-state index in [0.29, 0.717) is 18.9 Å². The summed E-state index contributed by atoms with van der Waals surface area (Å²) in [6, 6.07) is 16.4. The summed E-state index contributed by atoms with van der Waals surface area (Å²) in [5.74, 6) is 0.383. The Labute approximate surface area is 266 Å². The minimum atomic E-state index is -0.688. The van der Waals surface area contributed by atoms with Gasteiger partial charge in [0.1, 0.15) is 11.9 Å². The van der Waals surface area contributed by atoms with Crippen LogP contribution in [0, 0.1) is 17.7 Å². The molecule has 1 unspecified atom stereocenters. The summed E-state index contributed by atoms with van der Waals surface area (Å²) in [4.78, 5) is 28.1. The van der Waals surface area contributed by atoms with Gasteiger partial charge in [0.05, 0.1) is 0 Å². The molecule has 6 nitrogen and oxygen atoms in total. The lowest BCUT2D eigenvalue weighted by atomic mass is 9.83. The van der Waals surface area contributed by atoms with E-state index < -0.39 is 5.97 Å². The lowest BCUT2D eigenvalue weighted by Crippen LogP contribution is -2.45. The van der Waals surface area contributed by atoms with Gasteiger partial charge in [-0.15, -0.1) is 0 Å². The predicted octanol–water partition coefficient (Wildman–Crippen LogP) is 7.74. The topological polar surface area (TPSA) is 72.9 Å². The van der Waals surface area contributed by atoms with E-state index in [0.717, 1.165) is 82.3 Å². The van der Waals surface area contributed by atoms with Crippen molar-refractivity contribution in [3.63, 3.8) is 0 Å². The first kappa shape index (κ1) is 37.4. The smallest absolute Gasteiger partial charge is 0.321 e. The Hall–Kier alpha value is -2.77. The highest BCUT2D eigenvalue weighted by Gasteiger charge is 2.38. The van der Waals surface area contributed by atoms with Crippen LogP contribution < -0.4 is 5.32 Å². The Balaban J connectivity index is 0.000000280. The maximum Gasteiger partial charge on any atom is 0.321 e. The van der Waals surface area contributed by atoms with Crippen LogP contribution in [-0.2, 0) is 16.1 Å². The van der Waals surface area contributed by atoms with Gasteiger partial charge in [-0.25, -0.2) is 4.39 Å². The van der Waals surface area contributed by atoms with E-state index in [9.17, 15) is 19.1 Å². The summed E-state index contributed by atoms with van der Waals surface area (Å²) in [6.07, 6.45) is 9.47. The second-order valence-corrected chi connectivity index (χ2v) is 11.9. The van der Waals surface area contributed by atoms with Crippen LogP contribution >= 0.6 is 0 Å². The molecule has 3 aliphatic rings. The quantitative estimate of drug-likeness (QED) is 0.320. The second-order valence-electron chi connectivity index (χ2n) is 11.9. The number of aliphatic carboxylic acids is 1. The Morgan fingerprint density at radius 3 is 2.16 bits per heavy atom. The average molecular weight is 612 g/mol. The van der Waals surface area contributed by atoms with Gasteiger partial charge in [0, 0.05) is 19.5 Å². The molecule has 7 heteroatoms. The maximum atomic E-state index is 13.4. The van der Waals surface area contributed by atoms with Gasteiger partial charge in [-0.05, 0) is 99.8 Å². The number of carboxylic acids is 1. The Bertz CT molecular complexity index is 1070.